The summed E-state index contributed by atoms with van der Waals surface area (Å²) in [6.07, 6.45) is -0.512. The third-order valence-corrected chi connectivity index (χ3v) is 2.71. The fourth-order valence-electron chi connectivity index (χ4n) is 1.36. The van der Waals surface area contributed by atoms with E-state index in [1.54, 1.807) is 0 Å². The van der Waals surface area contributed by atoms with Gasteiger partial charge in [0, 0.05) is 19.1 Å². The first-order valence-electron chi connectivity index (χ1n) is 5.37. The number of carboxylic acid groups (broad SMARTS) is 2. The van der Waals surface area contributed by atoms with E-state index in [4.69, 9.17) is 15.9 Å². The predicted molar refractivity (Wildman–Crippen MR) is 67.6 cm³/mol. The number of imide groups is 1. The van der Waals surface area contributed by atoms with E-state index >= 15 is 0 Å². The molecular weight excluding hydrogens is 276 g/mol. The number of carbonyl (C=O) groups excluding carboxylic acids is 2. The Morgan fingerprint density at radius 2 is 1.74 bits per heavy atom. The second kappa shape index (κ2) is 7.74. The van der Waals surface area contributed by atoms with Gasteiger partial charge in [-0.2, -0.15) is 12.6 Å². The van der Waals surface area contributed by atoms with Crippen LogP contribution in [-0.2, 0) is 19.2 Å². The van der Waals surface area contributed by atoms with Gasteiger partial charge in [0.1, 0.15) is 12.1 Å². The van der Waals surface area contributed by atoms with Crippen LogP contribution in [0.2, 0.25) is 0 Å². The van der Waals surface area contributed by atoms with Gasteiger partial charge in [0.2, 0.25) is 11.8 Å². The Balaban J connectivity index is 4.81. The molecular formula is C10H16N2O6S. The van der Waals surface area contributed by atoms with E-state index in [2.05, 4.69) is 12.6 Å². The molecule has 0 aromatic carbocycles. The van der Waals surface area contributed by atoms with Crippen molar-refractivity contribution < 1.29 is 29.4 Å². The molecule has 108 valence electrons. The van der Waals surface area contributed by atoms with Gasteiger partial charge in [-0.1, -0.05) is 0 Å². The molecule has 0 fully saturated rings. The Labute approximate surface area is 115 Å². The van der Waals surface area contributed by atoms with Crippen molar-refractivity contribution in [2.24, 2.45) is 5.73 Å². The standard InChI is InChI=1S/C10H16N2O6S/c1-5(13)12(7(4-19)10(17)18)8(14)3-2-6(11)9(15)16/h6-7,19H,2-4,11H2,1H3,(H,15,16)(H,17,18). The fraction of sp³-hybridized carbons (Fsp3) is 0.600. The minimum Gasteiger partial charge on any atom is -0.480 e. The third kappa shape index (κ3) is 5.26. The average molecular weight is 292 g/mol. The average Bonchev–Trinajstić information content (AvgIpc) is 2.30. The van der Waals surface area contributed by atoms with Gasteiger partial charge in [0.25, 0.3) is 0 Å². The van der Waals surface area contributed by atoms with Gasteiger partial charge in [0.15, 0.2) is 0 Å². The highest BCUT2D eigenvalue weighted by molar-refractivity contribution is 7.80. The van der Waals surface area contributed by atoms with Crippen molar-refractivity contribution in [1.82, 2.24) is 4.90 Å². The summed E-state index contributed by atoms with van der Waals surface area (Å²) in [7, 11) is 0. The SMILES string of the molecule is CC(=O)N(C(=O)CCC(N)C(=O)O)C(CS)C(=O)O. The lowest BCUT2D eigenvalue weighted by molar-refractivity contribution is -0.156. The summed E-state index contributed by atoms with van der Waals surface area (Å²) >= 11 is 3.78. The van der Waals surface area contributed by atoms with Gasteiger partial charge in [0.05, 0.1) is 0 Å². The molecule has 9 heteroatoms. The molecule has 2 atom stereocenters. The molecule has 2 unspecified atom stereocenters. The highest BCUT2D eigenvalue weighted by Crippen LogP contribution is 2.08. The van der Waals surface area contributed by atoms with Crippen molar-refractivity contribution >= 4 is 36.4 Å². The molecule has 0 bridgehead atoms. The number of nitrogens with two attached hydrogens (primary N) is 1. The molecule has 0 rings (SSSR count). The zero-order valence-corrected chi connectivity index (χ0v) is 11.2. The van der Waals surface area contributed by atoms with Crippen LogP contribution in [0.5, 0.6) is 0 Å². The summed E-state index contributed by atoms with van der Waals surface area (Å²) in [5.41, 5.74) is 5.22. The van der Waals surface area contributed by atoms with Crippen molar-refractivity contribution in [1.29, 1.82) is 0 Å². The molecule has 2 amide bonds. The second-order valence-corrected chi connectivity index (χ2v) is 4.17. The molecule has 0 saturated heterocycles. The molecule has 0 aromatic rings. The molecule has 0 aromatic heterocycles. The first-order chi connectivity index (χ1) is 8.72. The van der Waals surface area contributed by atoms with Gasteiger partial charge < -0.3 is 15.9 Å². The lowest BCUT2D eigenvalue weighted by Crippen LogP contribution is -2.49. The van der Waals surface area contributed by atoms with Crippen LogP contribution in [0.3, 0.4) is 0 Å². The minimum atomic E-state index is -1.38. The zero-order valence-electron chi connectivity index (χ0n) is 10.3. The topological polar surface area (TPSA) is 138 Å². The van der Waals surface area contributed by atoms with Crippen LogP contribution in [0.25, 0.3) is 0 Å². The summed E-state index contributed by atoms with van der Waals surface area (Å²) in [5.74, 6) is -4.39. The molecule has 0 aliphatic heterocycles. The zero-order chi connectivity index (χ0) is 15.2. The van der Waals surface area contributed by atoms with Crippen LogP contribution in [0.4, 0.5) is 0 Å². The number of aliphatic carboxylic acids is 2. The van der Waals surface area contributed by atoms with Gasteiger partial charge in [-0.15, -0.1) is 0 Å². The maximum absolute atomic E-state index is 11.8. The number of hydrogen-bond donors (Lipinski definition) is 4. The number of thiol groups is 1. The first kappa shape index (κ1) is 17.4. The van der Waals surface area contributed by atoms with E-state index < -0.39 is 35.8 Å². The molecule has 19 heavy (non-hydrogen) atoms. The van der Waals surface area contributed by atoms with Gasteiger partial charge in [-0.25, -0.2) is 4.79 Å². The molecule has 0 radical (unpaired) electrons. The van der Waals surface area contributed by atoms with Crippen LogP contribution in [0.15, 0.2) is 0 Å². The summed E-state index contributed by atoms with van der Waals surface area (Å²) in [5, 5.41) is 17.5. The Morgan fingerprint density at radius 3 is 2.05 bits per heavy atom. The van der Waals surface area contributed by atoms with Gasteiger partial charge in [-0.05, 0) is 6.42 Å². The highest BCUT2D eigenvalue weighted by atomic mass is 32.1. The quantitative estimate of drug-likeness (QED) is 0.438. The van der Waals surface area contributed by atoms with E-state index in [1.165, 1.54) is 0 Å². The number of amides is 2. The van der Waals surface area contributed by atoms with Crippen LogP contribution < -0.4 is 5.73 Å². The van der Waals surface area contributed by atoms with Crippen molar-refractivity contribution in [2.45, 2.75) is 31.8 Å². The lowest BCUT2D eigenvalue weighted by atomic mass is 10.1. The number of rotatable bonds is 7. The third-order valence-electron chi connectivity index (χ3n) is 2.36. The normalized spacial score (nSPS) is 13.4. The number of carboxylic acids is 2. The van der Waals surface area contributed by atoms with Crippen molar-refractivity contribution in [3.63, 3.8) is 0 Å². The Kier molecular flexibility index (Phi) is 7.09. The number of nitrogens with zero attached hydrogens (tertiary/aromatic N) is 1. The largest absolute Gasteiger partial charge is 0.480 e. The molecule has 0 aliphatic rings. The summed E-state index contributed by atoms with van der Waals surface area (Å²) < 4.78 is 0. The number of carbonyl (C=O) groups is 4. The second-order valence-electron chi connectivity index (χ2n) is 3.80. The molecule has 0 aliphatic carbocycles. The molecule has 0 spiro atoms. The van der Waals surface area contributed by atoms with Gasteiger partial charge >= 0.3 is 11.9 Å². The monoisotopic (exact) mass is 292 g/mol. The summed E-state index contributed by atoms with van der Waals surface area (Å²) in [6, 6.07) is -2.62. The van der Waals surface area contributed by atoms with Crippen molar-refractivity contribution in [2.75, 3.05) is 5.75 Å². The maximum atomic E-state index is 11.8. The summed E-state index contributed by atoms with van der Waals surface area (Å²) in [4.78, 5) is 45.1. The Hall–Kier alpha value is -1.61. The lowest BCUT2D eigenvalue weighted by Gasteiger charge is -2.25. The minimum absolute atomic E-state index is 0.184. The maximum Gasteiger partial charge on any atom is 0.327 e. The molecule has 0 heterocycles. The fourth-order valence-corrected chi connectivity index (χ4v) is 1.68. The smallest absolute Gasteiger partial charge is 0.327 e. The van der Waals surface area contributed by atoms with E-state index in [0.717, 1.165) is 6.92 Å². The Morgan fingerprint density at radius 1 is 1.21 bits per heavy atom. The van der Waals surface area contributed by atoms with E-state index in [1.807, 2.05) is 0 Å². The Bertz CT molecular complexity index is 386. The molecule has 0 saturated carbocycles. The first-order valence-corrected chi connectivity index (χ1v) is 6.00. The van der Waals surface area contributed by atoms with Crippen LogP contribution in [0, 0.1) is 0 Å². The molecule has 4 N–H and O–H groups in total. The predicted octanol–water partition coefficient (Wildman–Crippen LogP) is -1.06. The summed E-state index contributed by atoms with van der Waals surface area (Å²) in [6.45, 7) is 1.05. The van der Waals surface area contributed by atoms with E-state index in [9.17, 15) is 19.2 Å². The van der Waals surface area contributed by atoms with Crippen LogP contribution in [-0.4, -0.2) is 56.7 Å². The van der Waals surface area contributed by atoms with Crippen LogP contribution >= 0.6 is 12.6 Å². The van der Waals surface area contributed by atoms with Gasteiger partial charge in [-0.3, -0.25) is 19.3 Å². The van der Waals surface area contributed by atoms with Crippen molar-refractivity contribution in [3.05, 3.63) is 0 Å². The van der Waals surface area contributed by atoms with Crippen LogP contribution in [0.1, 0.15) is 19.8 Å². The van der Waals surface area contributed by atoms with E-state index in [0.29, 0.717) is 4.90 Å². The highest BCUT2D eigenvalue weighted by Gasteiger charge is 2.31. The number of hydrogen-bond acceptors (Lipinski definition) is 6. The molecule has 8 nitrogen and oxygen atoms in total. The van der Waals surface area contributed by atoms with Crippen molar-refractivity contribution in [3.8, 4) is 0 Å². The van der Waals surface area contributed by atoms with E-state index in [-0.39, 0.29) is 18.6 Å².